The third-order valence-electron chi connectivity index (χ3n) is 3.44. The Labute approximate surface area is 119 Å². The maximum absolute atomic E-state index is 12.2. The largest absolute Gasteiger partial charge is 0.480 e. The Kier molecular flexibility index (Phi) is 5.76. The number of aliphatic hydroxyl groups is 1. The van der Waals surface area contributed by atoms with Crippen molar-refractivity contribution in [2.75, 3.05) is 27.2 Å². The lowest BCUT2D eigenvalue weighted by Crippen LogP contribution is -2.52. The number of rotatable bonds is 5. The molecule has 1 aliphatic heterocycles. The van der Waals surface area contributed by atoms with Crippen molar-refractivity contribution in [3.63, 3.8) is 0 Å². The fourth-order valence-electron chi connectivity index (χ4n) is 2.46. The zero-order chi connectivity index (χ0) is 15.4. The molecule has 0 aliphatic carbocycles. The van der Waals surface area contributed by atoms with Crippen LogP contribution in [0.5, 0.6) is 0 Å². The highest BCUT2D eigenvalue weighted by Gasteiger charge is 2.36. The molecule has 1 fully saturated rings. The minimum absolute atomic E-state index is 0.0957. The molecule has 0 bridgehead atoms. The zero-order valence-corrected chi connectivity index (χ0v) is 12.5. The SMILES string of the molecule is CC(C)C(NC(=O)N1CC(O)CC1CN(C)C)C(=O)O. The van der Waals surface area contributed by atoms with Gasteiger partial charge >= 0.3 is 12.0 Å². The molecule has 0 aromatic rings. The standard InChI is InChI=1S/C13H25N3O4/c1-8(2)11(12(18)19)14-13(20)16-7-10(17)5-9(16)6-15(3)4/h8-11,17H,5-7H2,1-4H3,(H,14,20)(H,18,19). The van der Waals surface area contributed by atoms with Crippen LogP contribution in [0.4, 0.5) is 4.79 Å². The predicted molar refractivity (Wildman–Crippen MR) is 74.5 cm³/mol. The Bertz CT molecular complexity index is 360. The van der Waals surface area contributed by atoms with E-state index in [0.29, 0.717) is 13.0 Å². The van der Waals surface area contributed by atoms with Gasteiger partial charge in [-0.05, 0) is 26.4 Å². The Hall–Kier alpha value is -1.34. The zero-order valence-electron chi connectivity index (χ0n) is 12.5. The van der Waals surface area contributed by atoms with Crippen LogP contribution >= 0.6 is 0 Å². The van der Waals surface area contributed by atoms with E-state index in [9.17, 15) is 14.7 Å². The van der Waals surface area contributed by atoms with Crippen LogP contribution in [-0.4, -0.2) is 77.4 Å². The number of carbonyl (C=O) groups excluding carboxylic acids is 1. The number of amides is 2. The summed E-state index contributed by atoms with van der Waals surface area (Å²) in [4.78, 5) is 26.8. The molecule has 3 atom stereocenters. The molecule has 3 unspecified atom stereocenters. The molecule has 0 aromatic carbocycles. The number of carbonyl (C=O) groups is 2. The molecule has 1 rings (SSSR count). The summed E-state index contributed by atoms with van der Waals surface area (Å²) in [5.41, 5.74) is 0. The van der Waals surface area contributed by atoms with Gasteiger partial charge in [0.25, 0.3) is 0 Å². The lowest BCUT2D eigenvalue weighted by atomic mass is 10.1. The number of aliphatic carboxylic acids is 1. The summed E-state index contributed by atoms with van der Waals surface area (Å²) in [5, 5.41) is 21.4. The lowest BCUT2D eigenvalue weighted by molar-refractivity contribution is -0.140. The van der Waals surface area contributed by atoms with Crippen molar-refractivity contribution in [1.82, 2.24) is 15.1 Å². The summed E-state index contributed by atoms with van der Waals surface area (Å²) in [5.74, 6) is -1.24. The average Bonchev–Trinajstić information content (AvgIpc) is 2.64. The predicted octanol–water partition coefficient (Wildman–Crippen LogP) is -0.198. The molecule has 0 aromatic heterocycles. The number of urea groups is 1. The second-order valence-electron chi connectivity index (χ2n) is 5.97. The van der Waals surface area contributed by atoms with Crippen molar-refractivity contribution in [2.45, 2.75) is 38.5 Å². The van der Waals surface area contributed by atoms with Crippen LogP contribution in [0.1, 0.15) is 20.3 Å². The Morgan fingerprint density at radius 1 is 1.40 bits per heavy atom. The number of nitrogens with one attached hydrogen (secondary N) is 1. The Morgan fingerprint density at radius 2 is 2.00 bits per heavy atom. The first-order valence-electron chi connectivity index (χ1n) is 6.85. The molecule has 0 spiro atoms. The smallest absolute Gasteiger partial charge is 0.326 e. The summed E-state index contributed by atoms with van der Waals surface area (Å²) >= 11 is 0. The quantitative estimate of drug-likeness (QED) is 0.651. The lowest BCUT2D eigenvalue weighted by Gasteiger charge is -2.29. The molecule has 3 N–H and O–H groups in total. The molecule has 0 radical (unpaired) electrons. The van der Waals surface area contributed by atoms with Crippen molar-refractivity contribution < 1.29 is 19.8 Å². The fourth-order valence-corrected chi connectivity index (χ4v) is 2.46. The normalized spacial score (nSPS) is 24.2. The van der Waals surface area contributed by atoms with Gasteiger partial charge in [-0.15, -0.1) is 0 Å². The number of carboxylic acids is 1. The van der Waals surface area contributed by atoms with Gasteiger partial charge in [-0.3, -0.25) is 0 Å². The van der Waals surface area contributed by atoms with E-state index < -0.39 is 24.1 Å². The Morgan fingerprint density at radius 3 is 2.45 bits per heavy atom. The van der Waals surface area contributed by atoms with Gasteiger partial charge in [-0.25, -0.2) is 9.59 Å². The van der Waals surface area contributed by atoms with Gasteiger partial charge in [0.2, 0.25) is 0 Å². The first-order chi connectivity index (χ1) is 9.22. The van der Waals surface area contributed by atoms with E-state index in [1.54, 1.807) is 13.8 Å². The van der Waals surface area contributed by atoms with Crippen molar-refractivity contribution in [1.29, 1.82) is 0 Å². The van der Waals surface area contributed by atoms with Gasteiger partial charge in [0.1, 0.15) is 6.04 Å². The number of likely N-dealkylation sites (tertiary alicyclic amines) is 1. The van der Waals surface area contributed by atoms with E-state index in [0.717, 1.165) is 0 Å². The van der Waals surface area contributed by atoms with Gasteiger partial charge in [0.05, 0.1) is 6.10 Å². The van der Waals surface area contributed by atoms with Crippen molar-refractivity contribution >= 4 is 12.0 Å². The second-order valence-corrected chi connectivity index (χ2v) is 5.97. The van der Waals surface area contributed by atoms with Crippen LogP contribution < -0.4 is 5.32 Å². The number of carboxylic acid groups (broad SMARTS) is 1. The van der Waals surface area contributed by atoms with E-state index >= 15 is 0 Å². The van der Waals surface area contributed by atoms with E-state index in [1.807, 2.05) is 19.0 Å². The highest BCUT2D eigenvalue weighted by Crippen LogP contribution is 2.19. The number of nitrogens with zero attached hydrogens (tertiary/aromatic N) is 2. The molecule has 2 amide bonds. The van der Waals surface area contributed by atoms with Gasteiger partial charge < -0.3 is 25.3 Å². The van der Waals surface area contributed by atoms with Gasteiger partial charge in [0, 0.05) is 19.1 Å². The summed E-state index contributed by atoms with van der Waals surface area (Å²) < 4.78 is 0. The first kappa shape index (κ1) is 16.7. The molecule has 116 valence electrons. The van der Waals surface area contributed by atoms with Gasteiger partial charge in [-0.1, -0.05) is 13.8 Å². The number of β-amino-alcohol motifs (C(OH)–C–C–N with tert-alkyl or cyclic N) is 1. The van der Waals surface area contributed by atoms with Crippen LogP contribution in [0, 0.1) is 5.92 Å². The number of hydrogen-bond acceptors (Lipinski definition) is 4. The Balaban J connectivity index is 2.71. The number of aliphatic hydroxyl groups excluding tert-OH is 1. The molecule has 1 heterocycles. The average molecular weight is 287 g/mol. The van der Waals surface area contributed by atoms with E-state index in [4.69, 9.17) is 5.11 Å². The molecule has 1 aliphatic rings. The highest BCUT2D eigenvalue weighted by molar-refractivity contribution is 5.83. The minimum atomic E-state index is -1.04. The van der Waals surface area contributed by atoms with Crippen molar-refractivity contribution in [3.05, 3.63) is 0 Å². The van der Waals surface area contributed by atoms with Crippen molar-refractivity contribution in [2.24, 2.45) is 5.92 Å². The molecular formula is C13H25N3O4. The van der Waals surface area contributed by atoms with Crippen LogP contribution in [0.15, 0.2) is 0 Å². The topological polar surface area (TPSA) is 93.1 Å². The molecule has 0 saturated carbocycles. The summed E-state index contributed by atoms with van der Waals surface area (Å²) in [7, 11) is 3.80. The third kappa shape index (κ3) is 4.35. The molecule has 7 nitrogen and oxygen atoms in total. The monoisotopic (exact) mass is 287 g/mol. The third-order valence-corrected chi connectivity index (χ3v) is 3.44. The van der Waals surface area contributed by atoms with Crippen molar-refractivity contribution in [3.8, 4) is 0 Å². The van der Waals surface area contributed by atoms with Gasteiger partial charge in [-0.2, -0.15) is 0 Å². The molecular weight excluding hydrogens is 262 g/mol. The number of likely N-dealkylation sites (N-methyl/N-ethyl adjacent to an activating group) is 1. The summed E-state index contributed by atoms with van der Waals surface area (Å²) in [6, 6.07) is -1.43. The molecule has 1 saturated heterocycles. The minimum Gasteiger partial charge on any atom is -0.480 e. The molecule has 20 heavy (non-hydrogen) atoms. The summed E-state index contributed by atoms with van der Waals surface area (Å²) in [6.45, 7) is 4.38. The fraction of sp³-hybridized carbons (Fsp3) is 0.846. The first-order valence-corrected chi connectivity index (χ1v) is 6.85. The van der Waals surface area contributed by atoms with E-state index in [-0.39, 0.29) is 18.5 Å². The maximum atomic E-state index is 12.2. The maximum Gasteiger partial charge on any atom is 0.326 e. The second kappa shape index (κ2) is 6.90. The van der Waals surface area contributed by atoms with Crippen LogP contribution in [-0.2, 0) is 4.79 Å². The van der Waals surface area contributed by atoms with Gasteiger partial charge in [0.15, 0.2) is 0 Å². The number of hydrogen-bond donors (Lipinski definition) is 3. The highest BCUT2D eigenvalue weighted by atomic mass is 16.4. The van der Waals surface area contributed by atoms with E-state index in [1.165, 1.54) is 4.90 Å². The van der Waals surface area contributed by atoms with Crippen LogP contribution in [0.2, 0.25) is 0 Å². The van der Waals surface area contributed by atoms with Crippen LogP contribution in [0.25, 0.3) is 0 Å². The summed E-state index contributed by atoms with van der Waals surface area (Å²) in [6.07, 6.45) is -0.0293. The molecule has 7 heteroatoms. The van der Waals surface area contributed by atoms with Crippen LogP contribution in [0.3, 0.4) is 0 Å². The van der Waals surface area contributed by atoms with E-state index in [2.05, 4.69) is 5.32 Å².